The number of H-pyrrole nitrogens is 1. The topological polar surface area (TPSA) is 88.0 Å². The molecule has 0 spiro atoms. The molecular weight excluding hydrogens is 338 g/mol. The van der Waals surface area contributed by atoms with E-state index in [0.29, 0.717) is 16.7 Å². The van der Waals surface area contributed by atoms with Gasteiger partial charge in [0.15, 0.2) is 16.5 Å². The van der Waals surface area contributed by atoms with Gasteiger partial charge in [-0.05, 0) is 43.3 Å². The van der Waals surface area contributed by atoms with Crippen molar-refractivity contribution in [1.29, 1.82) is 0 Å². The highest BCUT2D eigenvalue weighted by Crippen LogP contribution is 2.28. The summed E-state index contributed by atoms with van der Waals surface area (Å²) in [5, 5.41) is 5.88. The number of aromatic nitrogens is 2. The van der Waals surface area contributed by atoms with Crippen molar-refractivity contribution in [3.05, 3.63) is 64.0 Å². The van der Waals surface area contributed by atoms with Gasteiger partial charge in [0.2, 0.25) is 0 Å². The Hall–Kier alpha value is -3.19. The molecular formula is C18H13N3O3S. The van der Waals surface area contributed by atoms with E-state index in [4.69, 9.17) is 4.42 Å². The maximum Gasteiger partial charge on any atom is 0.417 e. The number of carbonyl (C=O) groups excluding carboxylic acids is 1. The molecule has 0 amide bonds. The van der Waals surface area contributed by atoms with Crippen LogP contribution < -0.4 is 11.1 Å². The SMILES string of the molecule is CC(=O)c1ccc(Nc2nc(-c3ccc4[nH]c(=O)oc4c3)cs2)cc1. The molecule has 0 unspecified atom stereocenters. The van der Waals surface area contributed by atoms with Crippen LogP contribution in [0.5, 0.6) is 0 Å². The summed E-state index contributed by atoms with van der Waals surface area (Å²) < 4.78 is 5.08. The zero-order chi connectivity index (χ0) is 17.4. The fourth-order valence-corrected chi connectivity index (χ4v) is 3.22. The van der Waals surface area contributed by atoms with Gasteiger partial charge in [-0.2, -0.15) is 0 Å². The van der Waals surface area contributed by atoms with Crippen molar-refractivity contribution in [2.75, 3.05) is 5.32 Å². The highest BCUT2D eigenvalue weighted by atomic mass is 32.1. The van der Waals surface area contributed by atoms with Crippen LogP contribution in [0, 0.1) is 0 Å². The molecule has 2 aromatic carbocycles. The van der Waals surface area contributed by atoms with Crippen LogP contribution in [0.15, 0.2) is 57.1 Å². The van der Waals surface area contributed by atoms with E-state index in [1.54, 1.807) is 31.2 Å². The number of aromatic amines is 1. The number of benzene rings is 2. The molecule has 0 aliphatic carbocycles. The van der Waals surface area contributed by atoms with Crippen LogP contribution in [-0.2, 0) is 0 Å². The first-order valence-electron chi connectivity index (χ1n) is 7.55. The Morgan fingerprint density at radius 1 is 1.20 bits per heavy atom. The maximum absolute atomic E-state index is 11.3. The number of Topliss-reactive ketones (excluding diaryl/α,β-unsaturated/α-hetero) is 1. The summed E-state index contributed by atoms with van der Waals surface area (Å²) in [7, 11) is 0. The summed E-state index contributed by atoms with van der Waals surface area (Å²) in [4.78, 5) is 29.7. The Morgan fingerprint density at radius 2 is 2.00 bits per heavy atom. The van der Waals surface area contributed by atoms with Crippen molar-refractivity contribution in [2.24, 2.45) is 0 Å². The zero-order valence-electron chi connectivity index (χ0n) is 13.2. The molecule has 0 atom stereocenters. The maximum atomic E-state index is 11.3. The van der Waals surface area contributed by atoms with Gasteiger partial charge in [-0.25, -0.2) is 9.78 Å². The van der Waals surface area contributed by atoms with Gasteiger partial charge >= 0.3 is 5.76 Å². The molecule has 2 heterocycles. The Morgan fingerprint density at radius 3 is 2.76 bits per heavy atom. The lowest BCUT2D eigenvalue weighted by molar-refractivity contribution is 0.101. The van der Waals surface area contributed by atoms with Gasteiger partial charge in [0.05, 0.1) is 11.2 Å². The van der Waals surface area contributed by atoms with Crippen molar-refractivity contribution in [3.8, 4) is 11.3 Å². The molecule has 4 aromatic rings. The molecule has 0 fully saturated rings. The molecule has 0 saturated heterocycles. The van der Waals surface area contributed by atoms with Gasteiger partial charge in [-0.3, -0.25) is 9.78 Å². The van der Waals surface area contributed by atoms with Gasteiger partial charge in [-0.1, -0.05) is 6.07 Å². The van der Waals surface area contributed by atoms with Crippen LogP contribution in [0.4, 0.5) is 10.8 Å². The fraction of sp³-hybridized carbons (Fsp3) is 0.0556. The smallest absolute Gasteiger partial charge is 0.408 e. The van der Waals surface area contributed by atoms with E-state index in [2.05, 4.69) is 15.3 Å². The number of oxazole rings is 1. The third kappa shape index (κ3) is 3.09. The first-order valence-corrected chi connectivity index (χ1v) is 8.43. The summed E-state index contributed by atoms with van der Waals surface area (Å²) in [5.74, 6) is -0.434. The first kappa shape index (κ1) is 15.3. The lowest BCUT2D eigenvalue weighted by atomic mass is 10.1. The quantitative estimate of drug-likeness (QED) is 0.538. The first-order chi connectivity index (χ1) is 12.1. The fourth-order valence-electron chi connectivity index (χ4n) is 2.48. The van der Waals surface area contributed by atoms with Crippen LogP contribution in [0.25, 0.3) is 22.4 Å². The number of nitrogens with one attached hydrogen (secondary N) is 2. The molecule has 124 valence electrons. The minimum atomic E-state index is -0.471. The Balaban J connectivity index is 1.58. The second kappa shape index (κ2) is 6.03. The molecule has 2 aromatic heterocycles. The highest BCUT2D eigenvalue weighted by molar-refractivity contribution is 7.14. The molecule has 2 N–H and O–H groups in total. The van der Waals surface area contributed by atoms with E-state index in [1.165, 1.54) is 11.3 Å². The number of ketones is 1. The minimum absolute atomic E-state index is 0.0369. The van der Waals surface area contributed by atoms with Gasteiger partial charge in [0.1, 0.15) is 0 Å². The molecule has 4 rings (SSSR count). The van der Waals surface area contributed by atoms with Gasteiger partial charge < -0.3 is 9.73 Å². The lowest BCUT2D eigenvalue weighted by Crippen LogP contribution is -1.93. The molecule has 6 nitrogen and oxygen atoms in total. The summed E-state index contributed by atoms with van der Waals surface area (Å²) in [6.45, 7) is 1.54. The lowest BCUT2D eigenvalue weighted by Gasteiger charge is -2.03. The number of thiazole rings is 1. The van der Waals surface area contributed by atoms with Gasteiger partial charge in [0.25, 0.3) is 0 Å². The van der Waals surface area contributed by atoms with Crippen LogP contribution in [0.3, 0.4) is 0 Å². The third-order valence-electron chi connectivity index (χ3n) is 3.76. The van der Waals surface area contributed by atoms with Crippen LogP contribution >= 0.6 is 11.3 Å². The second-order valence-electron chi connectivity index (χ2n) is 5.52. The third-order valence-corrected chi connectivity index (χ3v) is 4.52. The van der Waals surface area contributed by atoms with Crippen molar-refractivity contribution in [2.45, 2.75) is 6.92 Å². The number of anilines is 2. The molecule has 0 aliphatic heterocycles. The molecule has 0 bridgehead atoms. The van der Waals surface area contributed by atoms with Gasteiger partial charge in [0, 0.05) is 22.2 Å². The summed E-state index contributed by atoms with van der Waals surface area (Å²) in [6.07, 6.45) is 0. The number of rotatable bonds is 4. The van der Waals surface area contributed by atoms with Crippen molar-refractivity contribution >= 4 is 39.0 Å². The normalized spacial score (nSPS) is 10.9. The van der Waals surface area contributed by atoms with E-state index < -0.39 is 5.76 Å². The van der Waals surface area contributed by atoms with E-state index in [1.807, 2.05) is 23.6 Å². The Bertz CT molecular complexity index is 1120. The molecule has 0 saturated carbocycles. The standard InChI is InChI=1S/C18H13N3O3S/c1-10(22)11-2-5-13(6-3-11)19-17-20-15(9-25-17)12-4-7-14-16(8-12)24-18(23)21-14/h2-9H,1H3,(H,19,20)(H,21,23). The number of hydrogen-bond acceptors (Lipinski definition) is 6. The Kier molecular flexibility index (Phi) is 3.70. The molecule has 25 heavy (non-hydrogen) atoms. The van der Waals surface area contributed by atoms with Gasteiger partial charge in [-0.15, -0.1) is 11.3 Å². The molecule has 0 radical (unpaired) electrons. The average molecular weight is 351 g/mol. The van der Waals surface area contributed by atoms with Crippen molar-refractivity contribution < 1.29 is 9.21 Å². The van der Waals surface area contributed by atoms with E-state index in [9.17, 15) is 9.59 Å². The van der Waals surface area contributed by atoms with Crippen LogP contribution in [-0.4, -0.2) is 15.8 Å². The van der Waals surface area contributed by atoms with E-state index >= 15 is 0 Å². The number of nitrogens with zero attached hydrogens (tertiary/aromatic N) is 1. The monoisotopic (exact) mass is 351 g/mol. The van der Waals surface area contributed by atoms with Crippen molar-refractivity contribution in [1.82, 2.24) is 9.97 Å². The predicted molar refractivity (Wildman–Crippen MR) is 97.7 cm³/mol. The summed E-state index contributed by atoms with van der Waals surface area (Å²) in [5.41, 5.74) is 4.35. The minimum Gasteiger partial charge on any atom is -0.408 e. The summed E-state index contributed by atoms with van der Waals surface area (Å²) >= 11 is 1.47. The second-order valence-corrected chi connectivity index (χ2v) is 6.38. The van der Waals surface area contributed by atoms with E-state index in [0.717, 1.165) is 22.1 Å². The zero-order valence-corrected chi connectivity index (χ0v) is 14.0. The highest BCUT2D eigenvalue weighted by Gasteiger charge is 2.08. The van der Waals surface area contributed by atoms with Crippen LogP contribution in [0.2, 0.25) is 0 Å². The number of hydrogen-bond donors (Lipinski definition) is 2. The number of fused-ring (bicyclic) bond motifs is 1. The average Bonchev–Trinajstić information content (AvgIpc) is 3.20. The summed E-state index contributed by atoms with van der Waals surface area (Å²) in [6, 6.07) is 12.7. The predicted octanol–water partition coefficient (Wildman–Crippen LogP) is 4.19. The molecule has 0 aliphatic rings. The number of carbonyl (C=O) groups is 1. The van der Waals surface area contributed by atoms with Crippen molar-refractivity contribution in [3.63, 3.8) is 0 Å². The van der Waals surface area contributed by atoms with Crippen LogP contribution in [0.1, 0.15) is 17.3 Å². The largest absolute Gasteiger partial charge is 0.417 e. The Labute approximate surface area is 146 Å². The molecule has 7 heteroatoms. The van der Waals surface area contributed by atoms with E-state index in [-0.39, 0.29) is 5.78 Å².